The molecule has 0 spiro atoms. The first-order valence-electron chi connectivity index (χ1n) is 8.29. The minimum absolute atomic E-state index is 0.120. The Kier molecular flexibility index (Phi) is 6.15. The van der Waals surface area contributed by atoms with Crippen LogP contribution in [0, 0.1) is 5.82 Å². The lowest BCUT2D eigenvalue weighted by molar-refractivity contribution is -0.115. The van der Waals surface area contributed by atoms with Crippen LogP contribution in [0.2, 0.25) is 0 Å². The van der Waals surface area contributed by atoms with Crippen LogP contribution in [0.1, 0.15) is 6.92 Å². The normalized spacial score (nSPS) is 11.7. The summed E-state index contributed by atoms with van der Waals surface area (Å²) in [6, 6.07) is 11.2. The molecule has 146 valence electrons. The predicted octanol–water partition coefficient (Wildman–Crippen LogP) is 4.01. The Bertz CT molecular complexity index is 979. The van der Waals surface area contributed by atoms with E-state index >= 15 is 0 Å². The smallest absolute Gasteiger partial charge is 0.277 e. The molecule has 0 aliphatic heterocycles. The van der Waals surface area contributed by atoms with Crippen molar-refractivity contribution in [1.29, 1.82) is 0 Å². The number of methoxy groups -OCH3 is 2. The zero-order valence-corrected chi connectivity index (χ0v) is 16.2. The number of aromatic nitrogens is 2. The molecule has 0 saturated heterocycles. The molecule has 0 saturated carbocycles. The molecule has 28 heavy (non-hydrogen) atoms. The summed E-state index contributed by atoms with van der Waals surface area (Å²) in [7, 11) is 3.09. The molecular formula is C19H18FN3O4S. The minimum atomic E-state index is -0.578. The van der Waals surface area contributed by atoms with Gasteiger partial charge in [-0.25, -0.2) is 4.39 Å². The van der Waals surface area contributed by atoms with Gasteiger partial charge in [0.25, 0.3) is 11.1 Å². The number of nitrogens with zero attached hydrogens (tertiary/aromatic N) is 2. The predicted molar refractivity (Wildman–Crippen MR) is 103 cm³/mol. The molecule has 1 N–H and O–H groups in total. The summed E-state index contributed by atoms with van der Waals surface area (Å²) in [5, 5.41) is 10.1. The van der Waals surface area contributed by atoms with E-state index in [0.717, 1.165) is 11.8 Å². The van der Waals surface area contributed by atoms with Crippen molar-refractivity contribution in [3.05, 3.63) is 48.3 Å². The molecule has 0 fully saturated rings. The van der Waals surface area contributed by atoms with E-state index in [2.05, 4.69) is 15.5 Å². The highest BCUT2D eigenvalue weighted by atomic mass is 32.2. The van der Waals surface area contributed by atoms with Crippen LogP contribution in [0.4, 0.5) is 10.1 Å². The molecule has 3 aromatic rings. The van der Waals surface area contributed by atoms with E-state index in [1.165, 1.54) is 19.2 Å². The van der Waals surface area contributed by atoms with Gasteiger partial charge in [0.2, 0.25) is 5.91 Å². The molecule has 0 radical (unpaired) electrons. The number of carbonyl (C=O) groups is 1. The number of thioether (sulfide) groups is 1. The Labute approximate surface area is 165 Å². The second-order valence-corrected chi connectivity index (χ2v) is 6.96. The maximum absolute atomic E-state index is 13.7. The first-order valence-corrected chi connectivity index (χ1v) is 9.17. The van der Waals surface area contributed by atoms with E-state index in [1.54, 1.807) is 44.4 Å². The molecule has 1 heterocycles. The van der Waals surface area contributed by atoms with E-state index < -0.39 is 11.1 Å². The molecule has 1 amide bonds. The van der Waals surface area contributed by atoms with Crippen molar-refractivity contribution >= 4 is 23.4 Å². The van der Waals surface area contributed by atoms with Crippen LogP contribution in [-0.2, 0) is 4.79 Å². The summed E-state index contributed by atoms with van der Waals surface area (Å²) >= 11 is 1.07. The maximum atomic E-state index is 13.7. The third kappa shape index (κ3) is 4.42. The van der Waals surface area contributed by atoms with Gasteiger partial charge in [-0.1, -0.05) is 23.9 Å². The first kappa shape index (κ1) is 19.7. The second kappa shape index (κ2) is 8.75. The Balaban J connectivity index is 1.70. The summed E-state index contributed by atoms with van der Waals surface area (Å²) in [5.41, 5.74) is 0.722. The Morgan fingerprint density at radius 1 is 1.18 bits per heavy atom. The molecule has 0 bridgehead atoms. The highest BCUT2D eigenvalue weighted by Gasteiger charge is 2.21. The number of hydrogen-bond donors (Lipinski definition) is 1. The molecule has 0 aliphatic carbocycles. The highest BCUT2D eigenvalue weighted by Crippen LogP contribution is 2.34. The highest BCUT2D eigenvalue weighted by molar-refractivity contribution is 8.00. The van der Waals surface area contributed by atoms with Crippen molar-refractivity contribution in [1.82, 2.24) is 10.2 Å². The summed E-state index contributed by atoms with van der Waals surface area (Å²) in [5.74, 6) is 0.526. The Morgan fingerprint density at radius 2 is 1.96 bits per heavy atom. The fourth-order valence-electron chi connectivity index (χ4n) is 2.34. The largest absolute Gasteiger partial charge is 0.497 e. The molecule has 0 aliphatic rings. The summed E-state index contributed by atoms with van der Waals surface area (Å²) in [4.78, 5) is 12.3. The standard InChI is InChI=1S/C19H18FN3O4S/c1-11(17(24)21-15-7-5-4-6-14(15)20)28-19-23-22-18(27-19)13-9-8-12(25-2)10-16(13)26-3/h4-11H,1-3H3,(H,21,24)/t11-/m1/s1. The average molecular weight is 403 g/mol. The number of benzene rings is 2. The van der Waals surface area contributed by atoms with Gasteiger partial charge in [0.15, 0.2) is 0 Å². The third-order valence-electron chi connectivity index (χ3n) is 3.82. The number of amides is 1. The molecule has 0 unspecified atom stereocenters. The van der Waals surface area contributed by atoms with Crippen LogP contribution in [0.25, 0.3) is 11.5 Å². The lowest BCUT2D eigenvalue weighted by Gasteiger charge is -2.10. The van der Waals surface area contributed by atoms with Crippen molar-refractivity contribution in [3.63, 3.8) is 0 Å². The van der Waals surface area contributed by atoms with Crippen molar-refractivity contribution in [2.45, 2.75) is 17.4 Å². The quantitative estimate of drug-likeness (QED) is 0.597. The van der Waals surface area contributed by atoms with E-state index in [1.807, 2.05) is 0 Å². The van der Waals surface area contributed by atoms with Crippen molar-refractivity contribution in [3.8, 4) is 23.0 Å². The number of rotatable bonds is 7. The fraction of sp³-hybridized carbons (Fsp3) is 0.211. The second-order valence-electron chi connectivity index (χ2n) is 5.67. The SMILES string of the molecule is COc1ccc(-c2nnc(S[C@H](C)C(=O)Nc3ccccc3F)o2)c(OC)c1. The Morgan fingerprint density at radius 3 is 2.68 bits per heavy atom. The van der Waals surface area contributed by atoms with Crippen LogP contribution in [0.5, 0.6) is 11.5 Å². The fourth-order valence-corrected chi connectivity index (χ4v) is 3.03. The van der Waals surface area contributed by atoms with E-state index in [-0.39, 0.29) is 22.7 Å². The molecule has 3 rings (SSSR count). The number of para-hydroxylation sites is 1. The summed E-state index contributed by atoms with van der Waals surface area (Å²) < 4.78 is 29.8. The van der Waals surface area contributed by atoms with Gasteiger partial charge in [-0.05, 0) is 31.2 Å². The van der Waals surface area contributed by atoms with Crippen molar-refractivity contribution in [2.24, 2.45) is 0 Å². The molecule has 9 heteroatoms. The monoisotopic (exact) mass is 403 g/mol. The number of carbonyl (C=O) groups excluding carboxylic acids is 1. The maximum Gasteiger partial charge on any atom is 0.277 e. The van der Waals surface area contributed by atoms with Crippen molar-refractivity contribution in [2.75, 3.05) is 19.5 Å². The zero-order chi connectivity index (χ0) is 20.1. The first-order chi connectivity index (χ1) is 13.5. The van der Waals surface area contributed by atoms with Crippen LogP contribution >= 0.6 is 11.8 Å². The lowest BCUT2D eigenvalue weighted by Crippen LogP contribution is -2.22. The van der Waals surface area contributed by atoms with Gasteiger partial charge in [-0.3, -0.25) is 4.79 Å². The van der Waals surface area contributed by atoms with Gasteiger partial charge in [-0.2, -0.15) is 0 Å². The van der Waals surface area contributed by atoms with E-state index in [0.29, 0.717) is 17.1 Å². The van der Waals surface area contributed by atoms with Gasteiger partial charge in [0, 0.05) is 6.07 Å². The Hall–Kier alpha value is -3.07. The van der Waals surface area contributed by atoms with E-state index in [4.69, 9.17) is 13.9 Å². The number of hydrogen-bond acceptors (Lipinski definition) is 7. The number of nitrogens with one attached hydrogen (secondary N) is 1. The van der Waals surface area contributed by atoms with Crippen molar-refractivity contribution < 1.29 is 23.1 Å². The topological polar surface area (TPSA) is 86.5 Å². The molecule has 2 aromatic carbocycles. The summed E-state index contributed by atoms with van der Waals surface area (Å²) in [6.45, 7) is 1.67. The van der Waals surface area contributed by atoms with E-state index in [9.17, 15) is 9.18 Å². The number of ether oxygens (including phenoxy) is 2. The van der Waals surface area contributed by atoms with Gasteiger partial charge in [0.05, 0.1) is 30.7 Å². The number of halogens is 1. The number of anilines is 1. The molecular weight excluding hydrogens is 385 g/mol. The molecule has 7 nitrogen and oxygen atoms in total. The average Bonchev–Trinajstić information content (AvgIpc) is 3.17. The third-order valence-corrected chi connectivity index (χ3v) is 4.76. The molecule has 1 aromatic heterocycles. The van der Waals surface area contributed by atoms with Crippen LogP contribution < -0.4 is 14.8 Å². The summed E-state index contributed by atoms with van der Waals surface area (Å²) in [6.07, 6.45) is 0. The minimum Gasteiger partial charge on any atom is -0.497 e. The van der Waals surface area contributed by atoms with Gasteiger partial charge < -0.3 is 19.2 Å². The van der Waals surface area contributed by atoms with Crippen LogP contribution in [-0.4, -0.2) is 35.6 Å². The zero-order valence-electron chi connectivity index (χ0n) is 15.4. The van der Waals surface area contributed by atoms with Gasteiger partial charge in [-0.15, -0.1) is 10.2 Å². The lowest BCUT2D eigenvalue weighted by atomic mass is 10.2. The van der Waals surface area contributed by atoms with Crippen LogP contribution in [0.15, 0.2) is 52.1 Å². The van der Waals surface area contributed by atoms with Gasteiger partial charge in [0.1, 0.15) is 17.3 Å². The van der Waals surface area contributed by atoms with Crippen LogP contribution in [0.3, 0.4) is 0 Å². The molecule has 1 atom stereocenters. The van der Waals surface area contributed by atoms with Gasteiger partial charge >= 0.3 is 0 Å².